The smallest absolute Gasteiger partial charge is 0.0998 e. The Morgan fingerprint density at radius 1 is 0.634 bits per heavy atom. The van der Waals surface area contributed by atoms with Gasteiger partial charge in [0.05, 0.1) is 17.0 Å². The summed E-state index contributed by atoms with van der Waals surface area (Å²) in [6.07, 6.45) is 12.2. The van der Waals surface area contributed by atoms with Crippen LogP contribution in [0.3, 0.4) is 0 Å². The van der Waals surface area contributed by atoms with Crippen molar-refractivity contribution >= 4 is 31.9 Å². The number of nitrogens with zero attached hydrogens (tertiary/aromatic N) is 1. The quantitative estimate of drug-likeness (QED) is 0.121. The fraction of sp³-hybridized carbons (Fsp3) is 0.342. The van der Waals surface area contributed by atoms with E-state index in [-0.39, 0.29) is 0 Å². The van der Waals surface area contributed by atoms with Crippen molar-refractivity contribution in [1.82, 2.24) is 0 Å². The number of unbranched alkanes of at least 4 members (excludes halogenated alkanes) is 6. The maximum absolute atomic E-state index is 10.3. The maximum atomic E-state index is 10.3. The average Bonchev–Trinajstić information content (AvgIpc) is 3.27. The normalized spacial score (nSPS) is 13.0. The van der Waals surface area contributed by atoms with Crippen LogP contribution in [-0.2, 0) is 18.3 Å². The molecule has 0 atom stereocenters. The number of nitriles is 1. The lowest BCUT2D eigenvalue weighted by molar-refractivity contribution is 0.664. The minimum atomic E-state index is -0.525. The van der Waals surface area contributed by atoms with Crippen molar-refractivity contribution in [2.24, 2.45) is 0 Å². The number of hydrogen-bond donors (Lipinski definition) is 0. The van der Waals surface area contributed by atoms with Gasteiger partial charge in [-0.15, -0.1) is 0 Å². The van der Waals surface area contributed by atoms with Crippen LogP contribution in [0.1, 0.15) is 104 Å². The lowest BCUT2D eigenvalue weighted by atomic mass is 9.67. The summed E-state index contributed by atoms with van der Waals surface area (Å²) in [6.45, 7) is 4.53. The maximum Gasteiger partial charge on any atom is 0.0998 e. The zero-order chi connectivity index (χ0) is 28.8. The van der Waals surface area contributed by atoms with Crippen LogP contribution in [0, 0.1) is 11.3 Å². The van der Waals surface area contributed by atoms with Gasteiger partial charge in [0.15, 0.2) is 0 Å². The fourth-order valence-electron chi connectivity index (χ4n) is 6.69. The summed E-state index contributed by atoms with van der Waals surface area (Å²) in [5, 5.41) is 10.3. The van der Waals surface area contributed by atoms with Gasteiger partial charge in [-0.05, 0) is 88.9 Å². The van der Waals surface area contributed by atoms with E-state index >= 15 is 0 Å². The van der Waals surface area contributed by atoms with Crippen LogP contribution in [0.25, 0.3) is 11.1 Å². The Balaban J connectivity index is 1.76. The summed E-state index contributed by atoms with van der Waals surface area (Å²) < 4.78 is 1.99. The number of rotatable bonds is 12. The van der Waals surface area contributed by atoms with Crippen LogP contribution >= 0.6 is 31.9 Å². The molecule has 0 aromatic heterocycles. The Kier molecular flexibility index (Phi) is 9.84. The van der Waals surface area contributed by atoms with Crippen molar-refractivity contribution in [3.8, 4) is 17.2 Å². The van der Waals surface area contributed by atoms with Gasteiger partial charge in [0, 0.05) is 14.5 Å². The highest BCUT2D eigenvalue weighted by atomic mass is 79.9. The lowest BCUT2D eigenvalue weighted by Gasteiger charge is -2.35. The van der Waals surface area contributed by atoms with Crippen LogP contribution in [0.4, 0.5) is 0 Å². The number of benzene rings is 4. The van der Waals surface area contributed by atoms with Crippen molar-refractivity contribution in [3.05, 3.63) is 127 Å². The third kappa shape index (κ3) is 5.97. The Morgan fingerprint density at radius 3 is 1.78 bits per heavy atom. The Hall–Kier alpha value is -2.67. The third-order valence-electron chi connectivity index (χ3n) is 8.64. The van der Waals surface area contributed by atoms with Gasteiger partial charge in [-0.1, -0.05) is 139 Å². The highest BCUT2D eigenvalue weighted by Gasteiger charge is 2.47. The first-order chi connectivity index (χ1) is 20.0. The van der Waals surface area contributed by atoms with E-state index in [0.29, 0.717) is 5.56 Å². The van der Waals surface area contributed by atoms with Gasteiger partial charge < -0.3 is 0 Å². The molecule has 1 aliphatic rings. The standard InChI is InChI=1S/C38H39Br2N/c1-3-5-7-9-13-27-15-11-17-30(21-27)38(31-18-12-16-28(22-31)14-10-8-6-4-2)35-24-32(39)19-20-34(35)37-29(26-41)23-33(40)25-36(37)38/h11-12,15-25H,3-10,13-14H2,1-2H3. The Bertz CT molecular complexity index is 1510. The molecule has 0 N–H and O–H groups in total. The molecule has 4 aromatic carbocycles. The van der Waals surface area contributed by atoms with Crippen molar-refractivity contribution in [1.29, 1.82) is 5.26 Å². The number of fused-ring (bicyclic) bond motifs is 3. The molecule has 0 heterocycles. The first-order valence-corrected chi connectivity index (χ1v) is 16.8. The van der Waals surface area contributed by atoms with Gasteiger partial charge in [-0.25, -0.2) is 0 Å². The Morgan fingerprint density at radius 2 is 1.22 bits per heavy atom. The van der Waals surface area contributed by atoms with Crippen LogP contribution in [0.2, 0.25) is 0 Å². The molecule has 4 aromatic rings. The van der Waals surface area contributed by atoms with Crippen molar-refractivity contribution in [2.75, 3.05) is 0 Å². The minimum absolute atomic E-state index is 0.525. The summed E-state index contributed by atoms with van der Waals surface area (Å²) in [6, 6.07) is 31.9. The molecule has 210 valence electrons. The molecule has 0 saturated heterocycles. The SMILES string of the molecule is CCCCCCc1cccc(C2(c3cccc(CCCCCC)c3)c3cc(Br)ccc3-c3c(C#N)cc(Br)cc32)c1. The number of aryl methyl sites for hydroxylation is 2. The van der Waals surface area contributed by atoms with Gasteiger partial charge in [-0.2, -0.15) is 5.26 Å². The molecule has 0 saturated carbocycles. The van der Waals surface area contributed by atoms with Crippen LogP contribution in [0.15, 0.2) is 87.8 Å². The zero-order valence-corrected chi connectivity index (χ0v) is 27.5. The molecular weight excluding hydrogens is 630 g/mol. The lowest BCUT2D eigenvalue weighted by Crippen LogP contribution is -2.29. The second-order valence-corrected chi connectivity index (χ2v) is 13.3. The Labute approximate surface area is 263 Å². The van der Waals surface area contributed by atoms with Crippen molar-refractivity contribution in [3.63, 3.8) is 0 Å². The first kappa shape index (κ1) is 29.8. The van der Waals surface area contributed by atoms with Gasteiger partial charge in [0.25, 0.3) is 0 Å². The molecule has 0 aliphatic heterocycles. The van der Waals surface area contributed by atoms with E-state index in [2.05, 4.69) is 125 Å². The van der Waals surface area contributed by atoms with Crippen LogP contribution < -0.4 is 0 Å². The third-order valence-corrected chi connectivity index (χ3v) is 9.59. The van der Waals surface area contributed by atoms with Crippen molar-refractivity contribution in [2.45, 2.75) is 83.5 Å². The second-order valence-electron chi connectivity index (χ2n) is 11.4. The summed E-state index contributed by atoms with van der Waals surface area (Å²) >= 11 is 7.59. The number of halogens is 2. The second kappa shape index (κ2) is 13.5. The largest absolute Gasteiger partial charge is 0.192 e. The van der Waals surface area contributed by atoms with Crippen LogP contribution in [0.5, 0.6) is 0 Å². The average molecular weight is 670 g/mol. The molecular formula is C38H39Br2N. The number of hydrogen-bond acceptors (Lipinski definition) is 1. The van der Waals surface area contributed by atoms with E-state index in [1.807, 2.05) is 6.07 Å². The van der Waals surface area contributed by atoms with Gasteiger partial charge in [0.1, 0.15) is 0 Å². The molecule has 1 aliphatic carbocycles. The predicted octanol–water partition coefficient (Wildman–Crippen LogP) is 11.7. The summed E-state index contributed by atoms with van der Waals surface area (Å²) in [4.78, 5) is 0. The molecule has 5 rings (SSSR count). The molecule has 0 spiro atoms. The van der Waals surface area contributed by atoms with E-state index in [1.54, 1.807) is 0 Å². The predicted molar refractivity (Wildman–Crippen MR) is 180 cm³/mol. The topological polar surface area (TPSA) is 23.8 Å². The summed E-state index contributed by atoms with van der Waals surface area (Å²) in [7, 11) is 0. The monoisotopic (exact) mass is 667 g/mol. The molecule has 1 nitrogen and oxygen atoms in total. The van der Waals surface area contributed by atoms with E-state index in [1.165, 1.54) is 84.7 Å². The molecule has 0 radical (unpaired) electrons. The van der Waals surface area contributed by atoms with E-state index in [4.69, 9.17) is 0 Å². The van der Waals surface area contributed by atoms with E-state index < -0.39 is 5.41 Å². The van der Waals surface area contributed by atoms with Crippen LogP contribution in [-0.4, -0.2) is 0 Å². The van der Waals surface area contributed by atoms with E-state index in [0.717, 1.165) is 32.9 Å². The molecule has 0 unspecified atom stereocenters. The van der Waals surface area contributed by atoms with Gasteiger partial charge in [-0.3, -0.25) is 0 Å². The minimum Gasteiger partial charge on any atom is -0.192 e. The zero-order valence-electron chi connectivity index (χ0n) is 24.3. The summed E-state index contributed by atoms with van der Waals surface area (Å²) in [5.41, 5.74) is 10.1. The summed E-state index contributed by atoms with van der Waals surface area (Å²) in [5.74, 6) is 0. The highest BCUT2D eigenvalue weighted by Crippen LogP contribution is 2.58. The van der Waals surface area contributed by atoms with Gasteiger partial charge in [0.2, 0.25) is 0 Å². The van der Waals surface area contributed by atoms with Crippen molar-refractivity contribution < 1.29 is 0 Å². The van der Waals surface area contributed by atoms with E-state index in [9.17, 15) is 5.26 Å². The fourth-order valence-corrected chi connectivity index (χ4v) is 7.51. The molecule has 0 amide bonds. The molecule has 0 fully saturated rings. The highest BCUT2D eigenvalue weighted by molar-refractivity contribution is 9.10. The first-order valence-electron chi connectivity index (χ1n) is 15.3. The molecule has 0 bridgehead atoms. The van der Waals surface area contributed by atoms with Gasteiger partial charge >= 0.3 is 0 Å². The molecule has 41 heavy (non-hydrogen) atoms. The molecule has 3 heteroatoms.